The number of rotatable bonds is 5. The summed E-state index contributed by atoms with van der Waals surface area (Å²) in [5.74, 6) is 0.0467. The lowest BCUT2D eigenvalue weighted by molar-refractivity contribution is 0.0926. The lowest BCUT2D eigenvalue weighted by Crippen LogP contribution is -2.35. The number of aromatic amines is 1. The second kappa shape index (κ2) is 5.45. The number of aromatic nitrogens is 3. The summed E-state index contributed by atoms with van der Waals surface area (Å²) in [6.07, 6.45) is 2.23. The van der Waals surface area contributed by atoms with Gasteiger partial charge in [-0.2, -0.15) is 5.10 Å². The molecule has 6 nitrogen and oxygen atoms in total. The molecule has 1 aromatic heterocycles. The maximum absolute atomic E-state index is 11.5. The van der Waals surface area contributed by atoms with Crippen molar-refractivity contribution in [1.29, 1.82) is 0 Å². The first kappa shape index (κ1) is 11.6. The van der Waals surface area contributed by atoms with Crippen molar-refractivity contribution >= 4 is 5.91 Å². The molecule has 6 heteroatoms. The molecule has 1 unspecified atom stereocenters. The van der Waals surface area contributed by atoms with Gasteiger partial charge in [0.25, 0.3) is 5.91 Å². The van der Waals surface area contributed by atoms with Crippen LogP contribution in [-0.4, -0.2) is 52.7 Å². The number of amides is 1. The third-order valence-corrected chi connectivity index (χ3v) is 2.02. The number of carbonyl (C=O) groups excluding carboxylic acids is 1. The summed E-state index contributed by atoms with van der Waals surface area (Å²) in [5, 5.41) is 8.98. The summed E-state index contributed by atoms with van der Waals surface area (Å²) >= 11 is 0. The van der Waals surface area contributed by atoms with Crippen LogP contribution in [0.3, 0.4) is 0 Å². The van der Waals surface area contributed by atoms with Gasteiger partial charge in [-0.25, -0.2) is 4.98 Å². The molecular formula is C9H17N5O. The molecule has 1 aromatic rings. The van der Waals surface area contributed by atoms with Crippen molar-refractivity contribution in [3.63, 3.8) is 0 Å². The lowest BCUT2D eigenvalue weighted by Gasteiger charge is -2.15. The normalized spacial score (nSPS) is 12.8. The lowest BCUT2D eigenvalue weighted by atomic mass is 10.2. The highest BCUT2D eigenvalue weighted by molar-refractivity contribution is 5.90. The van der Waals surface area contributed by atoms with Gasteiger partial charge in [0.2, 0.25) is 5.82 Å². The van der Waals surface area contributed by atoms with E-state index in [0.717, 1.165) is 13.0 Å². The number of carbonyl (C=O) groups is 1. The van der Waals surface area contributed by atoms with Crippen molar-refractivity contribution < 1.29 is 4.79 Å². The van der Waals surface area contributed by atoms with E-state index in [2.05, 4.69) is 25.4 Å². The number of nitrogens with zero attached hydrogens (tertiary/aromatic N) is 3. The monoisotopic (exact) mass is 211 g/mol. The average molecular weight is 211 g/mol. The summed E-state index contributed by atoms with van der Waals surface area (Å²) < 4.78 is 0. The molecule has 0 saturated carbocycles. The Kier molecular flexibility index (Phi) is 4.23. The van der Waals surface area contributed by atoms with Crippen LogP contribution < -0.4 is 5.32 Å². The van der Waals surface area contributed by atoms with E-state index >= 15 is 0 Å². The molecule has 0 fully saturated rings. The van der Waals surface area contributed by atoms with E-state index in [1.54, 1.807) is 0 Å². The van der Waals surface area contributed by atoms with E-state index in [1.165, 1.54) is 6.33 Å². The number of nitrogens with one attached hydrogen (secondary N) is 2. The van der Waals surface area contributed by atoms with Gasteiger partial charge in [0.05, 0.1) is 0 Å². The Morgan fingerprint density at radius 3 is 2.93 bits per heavy atom. The van der Waals surface area contributed by atoms with Crippen molar-refractivity contribution in [3.05, 3.63) is 12.2 Å². The molecule has 1 heterocycles. The topological polar surface area (TPSA) is 73.9 Å². The fourth-order valence-electron chi connectivity index (χ4n) is 1.13. The van der Waals surface area contributed by atoms with Gasteiger partial charge in [0.1, 0.15) is 6.33 Å². The van der Waals surface area contributed by atoms with E-state index in [0.29, 0.717) is 0 Å². The molecule has 0 aliphatic carbocycles. The zero-order valence-corrected chi connectivity index (χ0v) is 9.32. The molecule has 0 aliphatic heterocycles. The molecule has 0 bridgehead atoms. The zero-order chi connectivity index (χ0) is 11.3. The molecule has 1 amide bonds. The van der Waals surface area contributed by atoms with Crippen molar-refractivity contribution in [2.75, 3.05) is 20.6 Å². The fraction of sp³-hybridized carbons (Fsp3) is 0.667. The van der Waals surface area contributed by atoms with Crippen LogP contribution in [0.1, 0.15) is 24.0 Å². The predicted molar refractivity (Wildman–Crippen MR) is 56.5 cm³/mol. The van der Waals surface area contributed by atoms with Crippen molar-refractivity contribution in [2.45, 2.75) is 19.4 Å². The molecule has 1 rings (SSSR count). The molecule has 15 heavy (non-hydrogen) atoms. The van der Waals surface area contributed by atoms with Gasteiger partial charge in [0.15, 0.2) is 0 Å². The van der Waals surface area contributed by atoms with Gasteiger partial charge in [-0.3, -0.25) is 9.89 Å². The minimum atomic E-state index is -0.209. The zero-order valence-electron chi connectivity index (χ0n) is 9.32. The molecule has 0 saturated heterocycles. The highest BCUT2D eigenvalue weighted by atomic mass is 16.2. The van der Waals surface area contributed by atoms with Crippen LogP contribution in [0.5, 0.6) is 0 Å². The van der Waals surface area contributed by atoms with E-state index in [4.69, 9.17) is 0 Å². The predicted octanol–water partition coefficient (Wildman–Crippen LogP) is -0.125. The Morgan fingerprint density at radius 1 is 1.67 bits per heavy atom. The van der Waals surface area contributed by atoms with Crippen LogP contribution in [0, 0.1) is 0 Å². The minimum Gasteiger partial charge on any atom is -0.347 e. The third-order valence-electron chi connectivity index (χ3n) is 2.02. The SMILES string of the molecule is CC(CCN(C)C)NC(=O)c1ncn[nH]1. The van der Waals surface area contributed by atoms with E-state index < -0.39 is 0 Å². The Balaban J connectivity index is 2.32. The minimum absolute atomic E-state index is 0.130. The Hall–Kier alpha value is -1.43. The van der Waals surface area contributed by atoms with Gasteiger partial charge in [-0.15, -0.1) is 0 Å². The largest absolute Gasteiger partial charge is 0.347 e. The standard InChI is InChI=1S/C9H17N5O/c1-7(4-5-14(2)3)12-9(15)8-10-6-11-13-8/h6-7H,4-5H2,1-3H3,(H,12,15)(H,10,11,13). The highest BCUT2D eigenvalue weighted by Crippen LogP contribution is 1.94. The van der Waals surface area contributed by atoms with Gasteiger partial charge in [-0.1, -0.05) is 0 Å². The number of hydrogen-bond acceptors (Lipinski definition) is 4. The van der Waals surface area contributed by atoms with Crippen LogP contribution in [0.4, 0.5) is 0 Å². The maximum atomic E-state index is 11.5. The Labute approximate surface area is 89.1 Å². The van der Waals surface area contributed by atoms with E-state index in [9.17, 15) is 4.79 Å². The van der Waals surface area contributed by atoms with Crippen LogP contribution in [0.15, 0.2) is 6.33 Å². The van der Waals surface area contributed by atoms with Crippen molar-refractivity contribution in [2.24, 2.45) is 0 Å². The van der Waals surface area contributed by atoms with E-state index in [-0.39, 0.29) is 17.8 Å². The highest BCUT2D eigenvalue weighted by Gasteiger charge is 2.11. The fourth-order valence-corrected chi connectivity index (χ4v) is 1.13. The van der Waals surface area contributed by atoms with Crippen molar-refractivity contribution in [1.82, 2.24) is 25.4 Å². The third kappa shape index (κ3) is 4.07. The summed E-state index contributed by atoms with van der Waals surface area (Å²) in [5.41, 5.74) is 0. The van der Waals surface area contributed by atoms with Gasteiger partial charge in [0, 0.05) is 6.04 Å². The number of H-pyrrole nitrogens is 1. The molecule has 2 N–H and O–H groups in total. The average Bonchev–Trinajstić information content (AvgIpc) is 2.67. The summed E-state index contributed by atoms with van der Waals surface area (Å²) in [7, 11) is 4.01. The van der Waals surface area contributed by atoms with Crippen LogP contribution >= 0.6 is 0 Å². The summed E-state index contributed by atoms with van der Waals surface area (Å²) in [6.45, 7) is 2.91. The Bertz CT molecular complexity index is 295. The Morgan fingerprint density at radius 2 is 2.40 bits per heavy atom. The molecule has 0 aromatic carbocycles. The first-order valence-corrected chi connectivity index (χ1v) is 4.90. The number of hydrogen-bond donors (Lipinski definition) is 2. The van der Waals surface area contributed by atoms with Crippen LogP contribution in [-0.2, 0) is 0 Å². The molecule has 0 aliphatic rings. The second-order valence-corrected chi connectivity index (χ2v) is 3.80. The summed E-state index contributed by atoms with van der Waals surface area (Å²) in [4.78, 5) is 17.4. The van der Waals surface area contributed by atoms with E-state index in [1.807, 2.05) is 21.0 Å². The van der Waals surface area contributed by atoms with Crippen LogP contribution in [0.25, 0.3) is 0 Å². The first-order valence-electron chi connectivity index (χ1n) is 4.90. The summed E-state index contributed by atoms with van der Waals surface area (Å²) in [6, 6.07) is 0.130. The maximum Gasteiger partial charge on any atom is 0.288 e. The second-order valence-electron chi connectivity index (χ2n) is 3.80. The quantitative estimate of drug-likeness (QED) is 0.711. The molecule has 84 valence electrons. The smallest absolute Gasteiger partial charge is 0.288 e. The van der Waals surface area contributed by atoms with Crippen LogP contribution in [0.2, 0.25) is 0 Å². The molecule has 0 radical (unpaired) electrons. The molecule has 1 atom stereocenters. The molecular weight excluding hydrogens is 194 g/mol. The van der Waals surface area contributed by atoms with Gasteiger partial charge >= 0.3 is 0 Å². The van der Waals surface area contributed by atoms with Gasteiger partial charge in [-0.05, 0) is 34.0 Å². The molecule has 0 spiro atoms. The first-order chi connectivity index (χ1) is 7.09. The van der Waals surface area contributed by atoms with Crippen molar-refractivity contribution in [3.8, 4) is 0 Å². The van der Waals surface area contributed by atoms with Gasteiger partial charge < -0.3 is 10.2 Å².